The molecule has 1 N–H and O–H groups in total. The minimum Gasteiger partial charge on any atom is -0.325 e. The SMILES string of the molecule is Cc1cc(C)c(NC2=NCCN2C(=O)c2cccnc2)c(C)c1. The van der Waals surface area contributed by atoms with E-state index in [9.17, 15) is 4.79 Å². The van der Waals surface area contributed by atoms with Crippen LogP contribution in [-0.4, -0.2) is 34.8 Å². The number of aryl methyl sites for hydroxylation is 3. The van der Waals surface area contributed by atoms with Crippen LogP contribution in [0.1, 0.15) is 27.0 Å². The van der Waals surface area contributed by atoms with Crippen LogP contribution in [0.3, 0.4) is 0 Å². The first-order valence-electron chi connectivity index (χ1n) is 7.67. The van der Waals surface area contributed by atoms with E-state index in [1.807, 2.05) is 0 Å². The fourth-order valence-corrected chi connectivity index (χ4v) is 2.89. The number of anilines is 1. The lowest BCUT2D eigenvalue weighted by Gasteiger charge is -2.21. The van der Waals surface area contributed by atoms with Crippen molar-refractivity contribution < 1.29 is 4.79 Å². The van der Waals surface area contributed by atoms with Gasteiger partial charge in [0.2, 0.25) is 5.96 Å². The Kier molecular flexibility index (Phi) is 4.10. The van der Waals surface area contributed by atoms with Crippen LogP contribution in [0.5, 0.6) is 0 Å². The van der Waals surface area contributed by atoms with Crippen molar-refractivity contribution in [3.63, 3.8) is 0 Å². The Hall–Kier alpha value is -2.69. The van der Waals surface area contributed by atoms with Gasteiger partial charge in [-0.1, -0.05) is 17.7 Å². The van der Waals surface area contributed by atoms with Crippen molar-refractivity contribution in [1.82, 2.24) is 9.88 Å². The summed E-state index contributed by atoms with van der Waals surface area (Å²) in [5, 5.41) is 3.34. The number of nitrogens with zero attached hydrogens (tertiary/aromatic N) is 3. The molecule has 5 heteroatoms. The van der Waals surface area contributed by atoms with Gasteiger partial charge >= 0.3 is 0 Å². The van der Waals surface area contributed by atoms with Crippen molar-refractivity contribution in [3.8, 4) is 0 Å². The van der Waals surface area contributed by atoms with E-state index in [1.165, 1.54) is 5.56 Å². The highest BCUT2D eigenvalue weighted by Gasteiger charge is 2.25. The van der Waals surface area contributed by atoms with Gasteiger partial charge in [-0.2, -0.15) is 0 Å². The number of hydrogen-bond acceptors (Lipinski definition) is 4. The minimum atomic E-state index is -0.0794. The average Bonchev–Trinajstić information content (AvgIpc) is 2.99. The number of amides is 1. The number of guanidine groups is 1. The van der Waals surface area contributed by atoms with E-state index >= 15 is 0 Å². The zero-order valence-electron chi connectivity index (χ0n) is 13.6. The van der Waals surface area contributed by atoms with Crippen molar-refractivity contribution in [2.75, 3.05) is 18.4 Å². The second-order valence-corrected chi connectivity index (χ2v) is 5.80. The monoisotopic (exact) mass is 308 g/mol. The Balaban J connectivity index is 1.85. The van der Waals surface area contributed by atoms with Crippen molar-refractivity contribution in [2.24, 2.45) is 4.99 Å². The molecule has 0 aliphatic carbocycles. The fraction of sp³-hybridized carbons (Fsp3) is 0.278. The van der Waals surface area contributed by atoms with Crippen LogP contribution in [-0.2, 0) is 0 Å². The summed E-state index contributed by atoms with van der Waals surface area (Å²) in [6.07, 6.45) is 3.24. The minimum absolute atomic E-state index is 0.0794. The van der Waals surface area contributed by atoms with Gasteiger partial charge in [0.25, 0.3) is 5.91 Å². The first-order chi connectivity index (χ1) is 11.1. The third kappa shape index (κ3) is 3.08. The molecule has 0 spiro atoms. The molecule has 5 nitrogen and oxygen atoms in total. The van der Waals surface area contributed by atoms with Crippen molar-refractivity contribution >= 4 is 17.6 Å². The van der Waals surface area contributed by atoms with Gasteiger partial charge in [0.15, 0.2) is 0 Å². The largest absolute Gasteiger partial charge is 0.325 e. The van der Waals surface area contributed by atoms with Gasteiger partial charge in [-0.05, 0) is 44.0 Å². The number of benzene rings is 1. The smallest absolute Gasteiger partial charge is 0.262 e. The number of hydrogen-bond donors (Lipinski definition) is 1. The van der Waals surface area contributed by atoms with E-state index in [-0.39, 0.29) is 5.91 Å². The van der Waals surface area contributed by atoms with E-state index < -0.39 is 0 Å². The predicted molar refractivity (Wildman–Crippen MR) is 91.9 cm³/mol. The predicted octanol–water partition coefficient (Wildman–Crippen LogP) is 2.93. The second-order valence-electron chi connectivity index (χ2n) is 5.80. The Morgan fingerprint density at radius 2 is 1.96 bits per heavy atom. The van der Waals surface area contributed by atoms with Gasteiger partial charge in [0, 0.05) is 24.6 Å². The van der Waals surface area contributed by atoms with Gasteiger partial charge in [0.1, 0.15) is 0 Å². The molecular weight excluding hydrogens is 288 g/mol. The summed E-state index contributed by atoms with van der Waals surface area (Å²) in [5.41, 5.74) is 5.10. The number of carbonyl (C=O) groups excluding carboxylic acids is 1. The van der Waals surface area contributed by atoms with Crippen molar-refractivity contribution in [2.45, 2.75) is 20.8 Å². The number of rotatable bonds is 2. The van der Waals surface area contributed by atoms with Gasteiger partial charge in [-0.15, -0.1) is 0 Å². The summed E-state index contributed by atoms with van der Waals surface area (Å²) in [4.78, 5) is 22.8. The Morgan fingerprint density at radius 3 is 2.61 bits per heavy atom. The van der Waals surface area contributed by atoms with E-state index in [0.29, 0.717) is 24.6 Å². The highest BCUT2D eigenvalue weighted by Crippen LogP contribution is 2.23. The van der Waals surface area contributed by atoms with Gasteiger partial charge in [0.05, 0.1) is 12.1 Å². The molecule has 0 atom stereocenters. The maximum absolute atomic E-state index is 12.6. The Morgan fingerprint density at radius 1 is 1.22 bits per heavy atom. The Bertz CT molecular complexity index is 745. The lowest BCUT2D eigenvalue weighted by atomic mass is 10.1. The molecular formula is C18H20N4O. The average molecular weight is 308 g/mol. The number of aromatic nitrogens is 1. The topological polar surface area (TPSA) is 57.6 Å². The van der Waals surface area contributed by atoms with Crippen LogP contribution >= 0.6 is 0 Å². The van der Waals surface area contributed by atoms with E-state index in [4.69, 9.17) is 0 Å². The zero-order valence-corrected chi connectivity index (χ0v) is 13.6. The molecule has 0 fully saturated rings. The molecule has 2 heterocycles. The second kappa shape index (κ2) is 6.20. The fourth-order valence-electron chi connectivity index (χ4n) is 2.89. The van der Waals surface area contributed by atoms with Crippen LogP contribution in [0, 0.1) is 20.8 Å². The molecule has 2 aromatic rings. The number of aliphatic imine (C=N–C) groups is 1. The highest BCUT2D eigenvalue weighted by molar-refractivity contribution is 6.11. The molecule has 1 aliphatic heterocycles. The van der Waals surface area contributed by atoms with Gasteiger partial charge in [-0.3, -0.25) is 19.7 Å². The summed E-state index contributed by atoms with van der Waals surface area (Å²) in [6, 6.07) is 7.78. The molecule has 3 rings (SSSR count). The first-order valence-corrected chi connectivity index (χ1v) is 7.67. The molecule has 23 heavy (non-hydrogen) atoms. The van der Waals surface area contributed by atoms with Crippen LogP contribution in [0.2, 0.25) is 0 Å². The van der Waals surface area contributed by atoms with E-state index in [2.05, 4.69) is 48.2 Å². The van der Waals surface area contributed by atoms with E-state index in [0.717, 1.165) is 16.8 Å². The molecule has 0 radical (unpaired) electrons. The number of pyridine rings is 1. The zero-order chi connectivity index (χ0) is 16.4. The normalized spacial score (nSPS) is 13.9. The molecule has 1 aromatic carbocycles. The van der Waals surface area contributed by atoms with Crippen LogP contribution in [0.15, 0.2) is 41.7 Å². The summed E-state index contributed by atoms with van der Waals surface area (Å²) >= 11 is 0. The standard InChI is InChI=1S/C18H20N4O/c1-12-9-13(2)16(14(3)10-12)21-18-20-7-8-22(18)17(23)15-5-4-6-19-11-15/h4-6,9-11H,7-8H2,1-3H3,(H,20,21). The summed E-state index contributed by atoms with van der Waals surface area (Å²) in [7, 11) is 0. The maximum Gasteiger partial charge on any atom is 0.262 e. The molecule has 0 bridgehead atoms. The molecule has 1 aliphatic rings. The van der Waals surface area contributed by atoms with Crippen LogP contribution in [0.25, 0.3) is 0 Å². The maximum atomic E-state index is 12.6. The van der Waals surface area contributed by atoms with Crippen molar-refractivity contribution in [1.29, 1.82) is 0 Å². The third-order valence-electron chi connectivity index (χ3n) is 3.91. The van der Waals surface area contributed by atoms with Gasteiger partial charge < -0.3 is 5.32 Å². The lowest BCUT2D eigenvalue weighted by molar-refractivity contribution is 0.0857. The van der Waals surface area contributed by atoms with Crippen molar-refractivity contribution in [3.05, 3.63) is 58.9 Å². The summed E-state index contributed by atoms with van der Waals surface area (Å²) in [6.45, 7) is 7.39. The Labute approximate surface area is 136 Å². The molecule has 0 saturated carbocycles. The molecule has 118 valence electrons. The number of nitrogens with one attached hydrogen (secondary N) is 1. The summed E-state index contributed by atoms with van der Waals surface area (Å²) < 4.78 is 0. The van der Waals surface area contributed by atoms with Crippen LogP contribution < -0.4 is 5.32 Å². The quantitative estimate of drug-likeness (QED) is 0.928. The van der Waals surface area contributed by atoms with E-state index in [1.54, 1.807) is 29.4 Å². The molecule has 0 unspecified atom stereocenters. The molecule has 1 aromatic heterocycles. The third-order valence-corrected chi connectivity index (χ3v) is 3.91. The lowest BCUT2D eigenvalue weighted by Crippen LogP contribution is -2.38. The van der Waals surface area contributed by atoms with Gasteiger partial charge in [-0.25, -0.2) is 0 Å². The molecule has 1 amide bonds. The highest BCUT2D eigenvalue weighted by atomic mass is 16.2. The first kappa shape index (κ1) is 15.2. The summed E-state index contributed by atoms with van der Waals surface area (Å²) in [5.74, 6) is 0.526. The number of carbonyl (C=O) groups is 1. The molecule has 0 saturated heterocycles. The van der Waals surface area contributed by atoms with Crippen LogP contribution in [0.4, 0.5) is 5.69 Å².